The zero-order valence-electron chi connectivity index (χ0n) is 14.9. The van der Waals surface area contributed by atoms with Gasteiger partial charge in [0.05, 0.1) is 11.4 Å². The van der Waals surface area contributed by atoms with Gasteiger partial charge in [0.25, 0.3) is 5.91 Å². The molecule has 2 aromatic carbocycles. The average molecular weight is 366 g/mol. The molecule has 0 unspecified atom stereocenters. The molecular formula is C20H22N4O3. The predicted octanol–water partition coefficient (Wildman–Crippen LogP) is 2.28. The molecule has 7 nitrogen and oxygen atoms in total. The van der Waals surface area contributed by atoms with Crippen molar-refractivity contribution in [1.82, 2.24) is 0 Å². The number of amides is 2. The molecule has 1 saturated heterocycles. The maximum absolute atomic E-state index is 12.2. The number of rotatable bonds is 7. The first-order chi connectivity index (χ1) is 13.1. The molecule has 3 rings (SSSR count). The molecule has 0 aliphatic carbocycles. The van der Waals surface area contributed by atoms with Gasteiger partial charge in [-0.15, -0.1) is 0 Å². The number of hydrogen-bond donors (Lipinski definition) is 2. The van der Waals surface area contributed by atoms with Crippen LogP contribution in [0.25, 0.3) is 0 Å². The number of anilines is 2. The molecule has 3 N–H and O–H groups in total. The van der Waals surface area contributed by atoms with Gasteiger partial charge in [-0.1, -0.05) is 47.6 Å². The maximum Gasteiger partial charge on any atom is 0.265 e. The van der Waals surface area contributed by atoms with Crippen LogP contribution in [0.15, 0.2) is 59.8 Å². The second-order valence-corrected chi connectivity index (χ2v) is 6.23. The van der Waals surface area contributed by atoms with Crippen LogP contribution in [0.1, 0.15) is 18.4 Å². The van der Waals surface area contributed by atoms with Crippen LogP contribution in [0.3, 0.4) is 0 Å². The summed E-state index contributed by atoms with van der Waals surface area (Å²) in [6, 6.07) is 16.8. The minimum atomic E-state index is -0.370. The zero-order valence-corrected chi connectivity index (χ0v) is 14.9. The molecule has 2 aromatic rings. The van der Waals surface area contributed by atoms with E-state index in [-0.39, 0.29) is 24.3 Å². The van der Waals surface area contributed by atoms with Gasteiger partial charge in [-0.25, -0.2) is 0 Å². The Balaban J connectivity index is 1.54. The number of para-hydroxylation sites is 2. The number of nitrogens with one attached hydrogen (secondary N) is 1. The van der Waals surface area contributed by atoms with Crippen molar-refractivity contribution in [3.05, 3.63) is 60.2 Å². The molecule has 0 spiro atoms. The number of amidine groups is 1. The Bertz CT molecular complexity index is 836. The third kappa shape index (κ3) is 5.07. The average Bonchev–Trinajstić information content (AvgIpc) is 3.09. The molecular weight excluding hydrogens is 344 g/mol. The first kappa shape index (κ1) is 18.4. The van der Waals surface area contributed by atoms with E-state index in [1.807, 2.05) is 42.5 Å². The Morgan fingerprint density at radius 1 is 1.15 bits per heavy atom. The van der Waals surface area contributed by atoms with E-state index in [1.54, 1.807) is 17.0 Å². The second-order valence-electron chi connectivity index (χ2n) is 6.23. The van der Waals surface area contributed by atoms with Gasteiger partial charge >= 0.3 is 0 Å². The Labute approximate surface area is 157 Å². The van der Waals surface area contributed by atoms with Gasteiger partial charge in [0.15, 0.2) is 6.61 Å². The quantitative estimate of drug-likeness (QED) is 0.446. The van der Waals surface area contributed by atoms with E-state index < -0.39 is 0 Å². The first-order valence-electron chi connectivity index (χ1n) is 8.81. The third-order valence-electron chi connectivity index (χ3n) is 4.15. The largest absolute Gasteiger partial charge is 0.384 e. The SMILES string of the molecule is N/C(Cc1ccccc1)=N\OCC(=O)Nc1ccccc1N1CCCC1=O. The number of benzene rings is 2. The summed E-state index contributed by atoms with van der Waals surface area (Å²) in [6.07, 6.45) is 1.79. The molecule has 1 heterocycles. The lowest BCUT2D eigenvalue weighted by atomic mass is 10.1. The Kier molecular flexibility index (Phi) is 6.04. The number of nitrogens with two attached hydrogens (primary N) is 1. The standard InChI is InChI=1S/C20H22N4O3/c21-18(13-15-7-2-1-3-8-15)23-27-14-19(25)22-16-9-4-5-10-17(16)24-12-6-11-20(24)26/h1-5,7-10H,6,11-14H2,(H2,21,23)(H,22,25). The topological polar surface area (TPSA) is 97.0 Å². The molecule has 0 aromatic heterocycles. The summed E-state index contributed by atoms with van der Waals surface area (Å²) in [7, 11) is 0. The molecule has 0 bridgehead atoms. The van der Waals surface area contributed by atoms with Crippen molar-refractivity contribution in [2.24, 2.45) is 10.9 Å². The molecule has 0 saturated carbocycles. The fraction of sp³-hybridized carbons (Fsp3) is 0.250. The van der Waals surface area contributed by atoms with Gasteiger partial charge in [-0.3, -0.25) is 9.59 Å². The molecule has 1 fully saturated rings. The summed E-state index contributed by atoms with van der Waals surface area (Å²) in [4.78, 5) is 30.9. The molecule has 27 heavy (non-hydrogen) atoms. The third-order valence-corrected chi connectivity index (χ3v) is 4.15. The molecule has 1 aliphatic heterocycles. The molecule has 2 amide bonds. The highest BCUT2D eigenvalue weighted by Gasteiger charge is 2.24. The second kappa shape index (κ2) is 8.84. The summed E-state index contributed by atoms with van der Waals surface area (Å²) < 4.78 is 0. The summed E-state index contributed by atoms with van der Waals surface area (Å²) in [5.74, 6) is -0.0198. The number of carbonyl (C=O) groups is 2. The Morgan fingerprint density at radius 3 is 2.63 bits per heavy atom. The lowest BCUT2D eigenvalue weighted by Crippen LogP contribution is -2.26. The zero-order chi connectivity index (χ0) is 19.1. The maximum atomic E-state index is 12.2. The Morgan fingerprint density at radius 2 is 1.89 bits per heavy atom. The molecule has 0 atom stereocenters. The van der Waals surface area contributed by atoms with Crippen LogP contribution >= 0.6 is 0 Å². The van der Waals surface area contributed by atoms with Gasteiger partial charge < -0.3 is 20.8 Å². The van der Waals surface area contributed by atoms with Crippen LogP contribution in [0.5, 0.6) is 0 Å². The first-order valence-corrected chi connectivity index (χ1v) is 8.81. The van der Waals surface area contributed by atoms with E-state index in [2.05, 4.69) is 10.5 Å². The van der Waals surface area contributed by atoms with Crippen molar-refractivity contribution in [3.8, 4) is 0 Å². The minimum absolute atomic E-state index is 0.0613. The summed E-state index contributed by atoms with van der Waals surface area (Å²) in [6.45, 7) is 0.389. The predicted molar refractivity (Wildman–Crippen MR) is 104 cm³/mol. The number of nitrogens with zero attached hydrogens (tertiary/aromatic N) is 2. The van der Waals surface area contributed by atoms with Gasteiger partial charge in [-0.05, 0) is 24.1 Å². The van der Waals surface area contributed by atoms with Crippen molar-refractivity contribution in [2.75, 3.05) is 23.4 Å². The van der Waals surface area contributed by atoms with E-state index in [0.717, 1.165) is 12.0 Å². The highest BCUT2D eigenvalue weighted by Crippen LogP contribution is 2.29. The summed E-state index contributed by atoms with van der Waals surface area (Å²) >= 11 is 0. The van der Waals surface area contributed by atoms with Crippen molar-refractivity contribution in [2.45, 2.75) is 19.3 Å². The van der Waals surface area contributed by atoms with E-state index >= 15 is 0 Å². The van der Waals surface area contributed by atoms with Gasteiger partial charge in [-0.2, -0.15) is 0 Å². The highest BCUT2D eigenvalue weighted by molar-refractivity contribution is 6.02. The fourth-order valence-electron chi connectivity index (χ4n) is 2.91. The lowest BCUT2D eigenvalue weighted by Gasteiger charge is -2.19. The number of oxime groups is 1. The van der Waals surface area contributed by atoms with E-state index in [0.29, 0.717) is 30.8 Å². The fourth-order valence-corrected chi connectivity index (χ4v) is 2.91. The molecule has 140 valence electrons. The molecule has 7 heteroatoms. The van der Waals surface area contributed by atoms with Crippen LogP contribution in [0, 0.1) is 0 Å². The highest BCUT2D eigenvalue weighted by atomic mass is 16.6. The normalized spacial score (nSPS) is 14.3. The van der Waals surface area contributed by atoms with Gasteiger partial charge in [0.2, 0.25) is 5.91 Å². The Hall–Kier alpha value is -3.35. The van der Waals surface area contributed by atoms with Crippen molar-refractivity contribution >= 4 is 29.0 Å². The minimum Gasteiger partial charge on any atom is -0.384 e. The smallest absolute Gasteiger partial charge is 0.265 e. The number of hydrogen-bond acceptors (Lipinski definition) is 4. The van der Waals surface area contributed by atoms with Crippen LogP contribution in [0.4, 0.5) is 11.4 Å². The number of carbonyl (C=O) groups excluding carboxylic acids is 2. The van der Waals surface area contributed by atoms with E-state index in [1.165, 1.54) is 0 Å². The van der Waals surface area contributed by atoms with Crippen molar-refractivity contribution in [1.29, 1.82) is 0 Å². The van der Waals surface area contributed by atoms with E-state index in [4.69, 9.17) is 10.6 Å². The van der Waals surface area contributed by atoms with E-state index in [9.17, 15) is 9.59 Å². The molecule has 0 radical (unpaired) electrons. The van der Waals surface area contributed by atoms with Crippen LogP contribution in [-0.2, 0) is 20.8 Å². The monoisotopic (exact) mass is 366 g/mol. The summed E-state index contributed by atoms with van der Waals surface area (Å²) in [5.41, 5.74) is 8.09. The lowest BCUT2D eigenvalue weighted by molar-refractivity contribution is -0.120. The summed E-state index contributed by atoms with van der Waals surface area (Å²) in [5, 5.41) is 6.55. The van der Waals surface area contributed by atoms with Crippen molar-refractivity contribution < 1.29 is 14.4 Å². The van der Waals surface area contributed by atoms with Crippen molar-refractivity contribution in [3.63, 3.8) is 0 Å². The van der Waals surface area contributed by atoms with Gasteiger partial charge in [0.1, 0.15) is 5.84 Å². The van der Waals surface area contributed by atoms with Crippen LogP contribution < -0.4 is 16.0 Å². The molecule has 1 aliphatic rings. The van der Waals surface area contributed by atoms with Crippen LogP contribution in [0.2, 0.25) is 0 Å². The van der Waals surface area contributed by atoms with Gasteiger partial charge in [0, 0.05) is 19.4 Å². The van der Waals surface area contributed by atoms with Crippen LogP contribution in [-0.4, -0.2) is 30.8 Å².